The Labute approximate surface area is 189 Å². The molecule has 1 aliphatic heterocycles. The molecule has 0 radical (unpaired) electrons. The summed E-state index contributed by atoms with van der Waals surface area (Å²) in [5.74, 6) is 0.766. The molecule has 3 rings (SSSR count). The van der Waals surface area contributed by atoms with Gasteiger partial charge in [-0.15, -0.1) is 0 Å². The molecule has 1 atom stereocenters. The SMILES string of the molecule is COc1ccc(N(C(C)C(=O)N2CCC(Cc3ccccc3)CC2)S(C)(=O)=O)cc1Cl. The van der Waals surface area contributed by atoms with Crippen LogP contribution >= 0.6 is 11.6 Å². The van der Waals surface area contributed by atoms with E-state index in [-0.39, 0.29) is 10.9 Å². The number of rotatable bonds is 7. The number of nitrogens with zero attached hydrogens (tertiary/aromatic N) is 2. The molecule has 2 aromatic carbocycles. The van der Waals surface area contributed by atoms with Gasteiger partial charge in [0.2, 0.25) is 15.9 Å². The lowest BCUT2D eigenvalue weighted by Crippen LogP contribution is -2.51. The number of piperidine rings is 1. The van der Waals surface area contributed by atoms with Crippen LogP contribution in [0.2, 0.25) is 5.02 Å². The molecular weight excluding hydrogens is 436 g/mol. The minimum atomic E-state index is -3.70. The Balaban J connectivity index is 1.70. The molecule has 2 aromatic rings. The van der Waals surface area contributed by atoms with Crippen molar-refractivity contribution >= 4 is 33.2 Å². The predicted molar refractivity (Wildman–Crippen MR) is 124 cm³/mol. The van der Waals surface area contributed by atoms with Crippen molar-refractivity contribution in [1.29, 1.82) is 0 Å². The summed E-state index contributed by atoms with van der Waals surface area (Å²) in [4.78, 5) is 15.0. The smallest absolute Gasteiger partial charge is 0.246 e. The largest absolute Gasteiger partial charge is 0.495 e. The maximum atomic E-state index is 13.2. The number of carbonyl (C=O) groups excluding carboxylic acids is 1. The van der Waals surface area contributed by atoms with Gasteiger partial charge in [-0.2, -0.15) is 0 Å². The number of likely N-dealkylation sites (tertiary alicyclic amines) is 1. The van der Waals surface area contributed by atoms with Crippen LogP contribution in [0.15, 0.2) is 48.5 Å². The van der Waals surface area contributed by atoms with Crippen LogP contribution in [0.5, 0.6) is 5.75 Å². The first-order valence-corrected chi connectivity index (χ1v) is 12.6. The normalized spacial score (nSPS) is 16.1. The van der Waals surface area contributed by atoms with Crippen molar-refractivity contribution in [2.75, 3.05) is 30.8 Å². The maximum Gasteiger partial charge on any atom is 0.246 e. The summed E-state index contributed by atoms with van der Waals surface area (Å²) in [6.45, 7) is 2.88. The highest BCUT2D eigenvalue weighted by molar-refractivity contribution is 7.92. The molecule has 0 saturated carbocycles. The molecule has 0 N–H and O–H groups in total. The van der Waals surface area contributed by atoms with E-state index in [1.165, 1.54) is 18.7 Å². The fraction of sp³-hybridized carbons (Fsp3) is 0.435. The number of benzene rings is 2. The highest BCUT2D eigenvalue weighted by atomic mass is 35.5. The first-order valence-electron chi connectivity index (χ1n) is 10.4. The van der Waals surface area contributed by atoms with E-state index >= 15 is 0 Å². The number of hydrogen-bond acceptors (Lipinski definition) is 4. The Kier molecular flexibility index (Phi) is 7.49. The highest BCUT2D eigenvalue weighted by Gasteiger charge is 2.34. The lowest BCUT2D eigenvalue weighted by molar-refractivity contribution is -0.133. The minimum absolute atomic E-state index is 0.199. The molecular formula is C23H29ClN2O4S. The van der Waals surface area contributed by atoms with Gasteiger partial charge in [-0.25, -0.2) is 8.42 Å². The molecule has 1 saturated heterocycles. The van der Waals surface area contributed by atoms with Crippen LogP contribution in [0, 0.1) is 5.92 Å². The van der Waals surface area contributed by atoms with Gasteiger partial charge in [-0.1, -0.05) is 41.9 Å². The van der Waals surface area contributed by atoms with Gasteiger partial charge in [-0.05, 0) is 55.9 Å². The van der Waals surface area contributed by atoms with Crippen molar-refractivity contribution in [3.8, 4) is 5.75 Å². The van der Waals surface area contributed by atoms with Crippen LogP contribution in [-0.2, 0) is 21.2 Å². The van der Waals surface area contributed by atoms with E-state index in [2.05, 4.69) is 12.1 Å². The summed E-state index contributed by atoms with van der Waals surface area (Å²) in [5, 5.41) is 0.287. The molecule has 0 aliphatic carbocycles. The molecule has 6 nitrogen and oxygen atoms in total. The molecule has 1 fully saturated rings. The Morgan fingerprint density at radius 3 is 2.39 bits per heavy atom. The van der Waals surface area contributed by atoms with Gasteiger partial charge in [-0.3, -0.25) is 9.10 Å². The second-order valence-electron chi connectivity index (χ2n) is 8.01. The van der Waals surface area contributed by atoms with Crippen LogP contribution in [0.4, 0.5) is 5.69 Å². The first kappa shape index (κ1) is 23.4. The molecule has 8 heteroatoms. The zero-order valence-corrected chi connectivity index (χ0v) is 19.7. The number of hydrogen-bond donors (Lipinski definition) is 0. The molecule has 0 aromatic heterocycles. The first-order chi connectivity index (χ1) is 14.7. The molecule has 1 heterocycles. The van der Waals surface area contributed by atoms with Crippen LogP contribution in [0.25, 0.3) is 0 Å². The Bertz CT molecular complexity index is 1010. The Hall–Kier alpha value is -2.25. The fourth-order valence-corrected chi connectivity index (χ4v) is 5.58. The lowest BCUT2D eigenvalue weighted by Gasteiger charge is -2.36. The molecule has 0 bridgehead atoms. The third-order valence-corrected chi connectivity index (χ3v) is 7.29. The van der Waals surface area contributed by atoms with Crippen molar-refractivity contribution in [2.24, 2.45) is 5.92 Å². The predicted octanol–water partition coefficient (Wildman–Crippen LogP) is 3.98. The van der Waals surface area contributed by atoms with Crippen LogP contribution in [0.3, 0.4) is 0 Å². The van der Waals surface area contributed by atoms with E-state index in [4.69, 9.17) is 16.3 Å². The molecule has 1 unspecified atom stereocenters. The number of halogens is 1. The van der Waals surface area contributed by atoms with Gasteiger partial charge >= 0.3 is 0 Å². The van der Waals surface area contributed by atoms with E-state index in [9.17, 15) is 13.2 Å². The van der Waals surface area contributed by atoms with Gasteiger partial charge in [0, 0.05) is 13.1 Å². The maximum absolute atomic E-state index is 13.2. The summed E-state index contributed by atoms with van der Waals surface area (Å²) in [5.41, 5.74) is 1.65. The lowest BCUT2D eigenvalue weighted by atomic mass is 9.90. The summed E-state index contributed by atoms with van der Waals surface area (Å²) in [7, 11) is -2.21. The van der Waals surface area contributed by atoms with Gasteiger partial charge in [0.05, 0.1) is 24.1 Å². The van der Waals surface area contributed by atoms with Gasteiger partial charge < -0.3 is 9.64 Å². The monoisotopic (exact) mass is 464 g/mol. The third-order valence-electron chi connectivity index (χ3n) is 5.75. The average molecular weight is 465 g/mol. The average Bonchev–Trinajstić information content (AvgIpc) is 2.74. The van der Waals surface area contributed by atoms with E-state index in [1.807, 2.05) is 18.2 Å². The topological polar surface area (TPSA) is 66.9 Å². The summed E-state index contributed by atoms with van der Waals surface area (Å²) >= 11 is 6.20. The third kappa shape index (κ3) is 5.71. The Morgan fingerprint density at radius 1 is 1.19 bits per heavy atom. The zero-order chi connectivity index (χ0) is 22.6. The van der Waals surface area contributed by atoms with E-state index in [0.717, 1.165) is 29.8 Å². The minimum Gasteiger partial charge on any atom is -0.495 e. The fourth-order valence-electron chi connectivity index (χ4n) is 4.16. The molecule has 31 heavy (non-hydrogen) atoms. The summed E-state index contributed by atoms with van der Waals surface area (Å²) < 4.78 is 31.4. The second-order valence-corrected chi connectivity index (χ2v) is 10.3. The number of ether oxygens (including phenoxy) is 1. The van der Waals surface area contributed by atoms with Crippen molar-refractivity contribution in [1.82, 2.24) is 4.90 Å². The van der Waals surface area contributed by atoms with Crippen molar-refractivity contribution in [3.63, 3.8) is 0 Å². The van der Waals surface area contributed by atoms with Gasteiger partial charge in [0.25, 0.3) is 0 Å². The standard InChI is InChI=1S/C23H29ClN2O4S/c1-17(26(31(3,28)29)20-9-10-22(30-2)21(24)16-20)23(27)25-13-11-19(12-14-25)15-18-7-5-4-6-8-18/h4-10,16-17,19H,11-15H2,1-3H3. The molecule has 1 aliphatic rings. The summed E-state index contributed by atoms with van der Waals surface area (Å²) in [6.07, 6.45) is 3.90. The van der Waals surface area contributed by atoms with E-state index in [1.54, 1.807) is 24.0 Å². The van der Waals surface area contributed by atoms with E-state index < -0.39 is 16.1 Å². The highest BCUT2D eigenvalue weighted by Crippen LogP contribution is 2.32. The van der Waals surface area contributed by atoms with Gasteiger partial charge in [0.1, 0.15) is 11.8 Å². The van der Waals surface area contributed by atoms with Crippen molar-refractivity contribution in [3.05, 3.63) is 59.1 Å². The van der Waals surface area contributed by atoms with Crippen molar-refractivity contribution in [2.45, 2.75) is 32.2 Å². The molecule has 168 valence electrons. The Morgan fingerprint density at radius 2 is 1.84 bits per heavy atom. The van der Waals surface area contributed by atoms with Crippen LogP contribution in [-0.4, -0.2) is 51.7 Å². The second kappa shape index (κ2) is 9.92. The molecule has 1 amide bonds. The van der Waals surface area contributed by atoms with Crippen LogP contribution in [0.1, 0.15) is 25.3 Å². The van der Waals surface area contributed by atoms with E-state index in [0.29, 0.717) is 30.4 Å². The van der Waals surface area contributed by atoms with Gasteiger partial charge in [0.15, 0.2) is 0 Å². The van der Waals surface area contributed by atoms with Crippen molar-refractivity contribution < 1.29 is 17.9 Å². The quantitative estimate of drug-likeness (QED) is 0.621. The number of sulfonamides is 1. The number of anilines is 1. The van der Waals surface area contributed by atoms with Crippen LogP contribution < -0.4 is 9.04 Å². The summed E-state index contributed by atoms with van der Waals surface area (Å²) in [6, 6.07) is 14.2. The molecule has 0 spiro atoms. The number of carbonyl (C=O) groups is 1. The number of amides is 1. The number of methoxy groups -OCH3 is 1. The zero-order valence-electron chi connectivity index (χ0n) is 18.1.